The third-order valence-electron chi connectivity index (χ3n) is 7.46. The van der Waals surface area contributed by atoms with Gasteiger partial charge in [-0.3, -0.25) is 0 Å². The number of allylic oxidation sites excluding steroid dienone is 2. The largest absolute Gasteiger partial charge is 0.478 e. The summed E-state index contributed by atoms with van der Waals surface area (Å²) in [6.07, 6.45) is 6.53. The van der Waals surface area contributed by atoms with Gasteiger partial charge in [0.25, 0.3) is 0 Å². The van der Waals surface area contributed by atoms with Crippen molar-refractivity contribution in [1.82, 2.24) is 0 Å². The molecule has 6 rings (SSSR count). The summed E-state index contributed by atoms with van der Waals surface area (Å²) in [5.74, 6) is -0.0250. The molecule has 3 aromatic rings. The second kappa shape index (κ2) is 7.53. The Labute approximate surface area is 193 Å². The van der Waals surface area contributed by atoms with Crippen molar-refractivity contribution in [3.05, 3.63) is 112 Å². The number of aromatic carboxylic acids is 1. The van der Waals surface area contributed by atoms with E-state index in [1.54, 1.807) is 0 Å². The number of benzene rings is 3. The lowest BCUT2D eigenvalue weighted by Gasteiger charge is -2.50. The van der Waals surface area contributed by atoms with Gasteiger partial charge in [-0.1, -0.05) is 66.2 Å². The molecule has 0 amide bonds. The molecule has 1 N–H and O–H groups in total. The quantitative estimate of drug-likeness (QED) is 0.454. The Bertz CT molecular complexity index is 1220. The smallest absolute Gasteiger partial charge is 0.335 e. The normalized spacial score (nSPS) is 25.3. The first-order valence-corrected chi connectivity index (χ1v) is 11.6. The number of rotatable bonds is 3. The van der Waals surface area contributed by atoms with Crippen LogP contribution in [0.2, 0.25) is 5.02 Å². The van der Waals surface area contributed by atoms with E-state index in [9.17, 15) is 9.90 Å². The Hall–Kier alpha value is -3.04. The molecule has 4 heteroatoms. The predicted octanol–water partition coefficient (Wildman–Crippen LogP) is 6.79. The summed E-state index contributed by atoms with van der Waals surface area (Å²) in [4.78, 5) is 14.6. The average Bonchev–Trinajstić information content (AvgIpc) is 3.30. The molecule has 3 aromatic carbocycles. The topological polar surface area (TPSA) is 40.5 Å². The highest BCUT2D eigenvalue weighted by molar-refractivity contribution is 6.30. The van der Waals surface area contributed by atoms with Gasteiger partial charge in [-0.2, -0.15) is 0 Å². The van der Waals surface area contributed by atoms with Crippen LogP contribution in [-0.4, -0.2) is 17.6 Å². The Kier molecular flexibility index (Phi) is 4.62. The Morgan fingerprint density at radius 1 is 0.969 bits per heavy atom. The van der Waals surface area contributed by atoms with E-state index >= 15 is 0 Å². The van der Waals surface area contributed by atoms with Crippen molar-refractivity contribution >= 4 is 23.3 Å². The van der Waals surface area contributed by atoms with Crippen molar-refractivity contribution in [1.29, 1.82) is 0 Å². The second-order valence-electron chi connectivity index (χ2n) is 9.10. The highest BCUT2D eigenvalue weighted by Gasteiger charge is 2.45. The summed E-state index contributed by atoms with van der Waals surface area (Å²) < 4.78 is 0. The molecule has 32 heavy (non-hydrogen) atoms. The van der Waals surface area contributed by atoms with E-state index in [0.29, 0.717) is 11.5 Å². The molecule has 0 spiro atoms. The molecular formula is C28H24ClNO2. The van der Waals surface area contributed by atoms with Crippen molar-refractivity contribution in [3.8, 4) is 0 Å². The lowest BCUT2D eigenvalue weighted by atomic mass is 9.71. The maximum Gasteiger partial charge on any atom is 0.335 e. The van der Waals surface area contributed by atoms with E-state index in [1.165, 1.54) is 22.4 Å². The van der Waals surface area contributed by atoms with Gasteiger partial charge in [-0.15, -0.1) is 0 Å². The fourth-order valence-corrected chi connectivity index (χ4v) is 6.28. The summed E-state index contributed by atoms with van der Waals surface area (Å²) in [6, 6.07) is 22.9. The van der Waals surface area contributed by atoms with E-state index in [2.05, 4.69) is 53.5 Å². The first kappa shape index (κ1) is 19.6. The minimum atomic E-state index is -0.855. The highest BCUT2D eigenvalue weighted by Crippen LogP contribution is 2.57. The van der Waals surface area contributed by atoms with Gasteiger partial charge in [0.2, 0.25) is 0 Å². The highest BCUT2D eigenvalue weighted by atomic mass is 35.5. The Morgan fingerprint density at radius 3 is 2.47 bits per heavy atom. The molecule has 0 unspecified atom stereocenters. The molecule has 160 valence electrons. The van der Waals surface area contributed by atoms with Crippen LogP contribution in [0.25, 0.3) is 0 Å². The maximum absolute atomic E-state index is 12.1. The summed E-state index contributed by atoms with van der Waals surface area (Å²) in [7, 11) is 0. The van der Waals surface area contributed by atoms with Gasteiger partial charge in [0.05, 0.1) is 11.6 Å². The van der Waals surface area contributed by atoms with Gasteiger partial charge in [0, 0.05) is 29.1 Å². The molecule has 3 aliphatic rings. The van der Waals surface area contributed by atoms with Crippen LogP contribution in [0.3, 0.4) is 0 Å². The number of carbonyl (C=O) groups is 1. The molecule has 0 fully saturated rings. The number of hydrogen-bond donors (Lipinski definition) is 1. The summed E-state index contributed by atoms with van der Waals surface area (Å²) in [6.45, 7) is 0.947. The summed E-state index contributed by atoms with van der Waals surface area (Å²) >= 11 is 6.20. The van der Waals surface area contributed by atoms with Crippen LogP contribution in [0.5, 0.6) is 0 Å². The van der Waals surface area contributed by atoms with Crippen molar-refractivity contribution in [3.63, 3.8) is 0 Å². The first-order chi connectivity index (χ1) is 15.6. The molecule has 2 aliphatic heterocycles. The standard InChI is InChI=1S/C28H24ClNO2/c29-20-11-9-18(10-12-20)26-23-8-4-7-22(23)25-16-19(28(31)32)15-24-21(13-14-30(26)27(24)25)17-5-2-1-3-6-17/h1-7,9-12,15-16,21-23,26H,8,13-14H2,(H,31,32)/t21-,22-,23+,26+/m1/s1. The van der Waals surface area contributed by atoms with Crippen LogP contribution in [-0.2, 0) is 0 Å². The number of carboxylic acid groups (broad SMARTS) is 1. The van der Waals surface area contributed by atoms with Crippen LogP contribution in [0, 0.1) is 5.92 Å². The zero-order valence-corrected chi connectivity index (χ0v) is 18.4. The molecule has 0 saturated carbocycles. The number of carboxylic acids is 1. The van der Waals surface area contributed by atoms with Gasteiger partial charge in [-0.05, 0) is 65.3 Å². The van der Waals surface area contributed by atoms with Crippen molar-refractivity contribution in [2.24, 2.45) is 5.92 Å². The van der Waals surface area contributed by atoms with E-state index in [0.717, 1.165) is 30.0 Å². The maximum atomic E-state index is 12.1. The molecule has 1 aliphatic carbocycles. The zero-order chi connectivity index (χ0) is 21.8. The molecule has 0 saturated heterocycles. The molecule has 3 nitrogen and oxygen atoms in total. The van der Waals surface area contributed by atoms with Crippen LogP contribution >= 0.6 is 11.6 Å². The van der Waals surface area contributed by atoms with Crippen molar-refractivity contribution < 1.29 is 9.90 Å². The third kappa shape index (κ3) is 2.99. The van der Waals surface area contributed by atoms with Gasteiger partial charge in [0.15, 0.2) is 0 Å². The van der Waals surface area contributed by atoms with E-state index < -0.39 is 5.97 Å². The van der Waals surface area contributed by atoms with Gasteiger partial charge in [0.1, 0.15) is 0 Å². The van der Waals surface area contributed by atoms with E-state index in [4.69, 9.17) is 11.6 Å². The van der Waals surface area contributed by atoms with Gasteiger partial charge >= 0.3 is 5.97 Å². The van der Waals surface area contributed by atoms with E-state index in [-0.39, 0.29) is 17.9 Å². The SMILES string of the molecule is O=C(O)c1cc2c3c(c1)[C@@H]1C=CC[C@@H]1[C@H](c1ccc(Cl)cc1)N3CC[C@@H]2c1ccccc1. The average molecular weight is 442 g/mol. The summed E-state index contributed by atoms with van der Waals surface area (Å²) in [5, 5.41) is 10.7. The first-order valence-electron chi connectivity index (χ1n) is 11.3. The minimum absolute atomic E-state index is 0.202. The minimum Gasteiger partial charge on any atom is -0.478 e. The van der Waals surface area contributed by atoms with Crippen LogP contribution < -0.4 is 4.90 Å². The van der Waals surface area contributed by atoms with Gasteiger partial charge < -0.3 is 10.0 Å². The Morgan fingerprint density at radius 2 is 1.72 bits per heavy atom. The van der Waals surface area contributed by atoms with Crippen molar-refractivity contribution in [2.75, 3.05) is 11.4 Å². The van der Waals surface area contributed by atoms with E-state index in [1.807, 2.05) is 30.3 Å². The monoisotopic (exact) mass is 441 g/mol. The van der Waals surface area contributed by atoms with Crippen LogP contribution in [0.15, 0.2) is 78.9 Å². The fourth-order valence-electron chi connectivity index (χ4n) is 6.15. The number of halogens is 1. The van der Waals surface area contributed by atoms with Crippen LogP contribution in [0.1, 0.15) is 63.3 Å². The molecule has 2 heterocycles. The van der Waals surface area contributed by atoms with Gasteiger partial charge in [-0.25, -0.2) is 4.79 Å². The lowest BCUT2D eigenvalue weighted by Crippen LogP contribution is -2.43. The number of nitrogens with zero attached hydrogens (tertiary/aromatic N) is 1. The van der Waals surface area contributed by atoms with Crippen LogP contribution in [0.4, 0.5) is 5.69 Å². The summed E-state index contributed by atoms with van der Waals surface area (Å²) in [5.41, 5.74) is 6.49. The number of hydrogen-bond acceptors (Lipinski definition) is 2. The van der Waals surface area contributed by atoms with Crippen molar-refractivity contribution in [2.45, 2.75) is 30.7 Å². The molecule has 4 atom stereocenters. The zero-order valence-electron chi connectivity index (χ0n) is 17.6. The number of fused-ring (bicyclic) bond motifs is 2. The molecule has 0 radical (unpaired) electrons. The predicted molar refractivity (Wildman–Crippen MR) is 128 cm³/mol. The number of anilines is 1. The molecule has 0 aromatic heterocycles. The second-order valence-corrected chi connectivity index (χ2v) is 9.54. The lowest BCUT2D eigenvalue weighted by molar-refractivity contribution is 0.0696. The Balaban J connectivity index is 1.58. The third-order valence-corrected chi connectivity index (χ3v) is 7.72. The fraction of sp³-hybridized carbons (Fsp3) is 0.250. The molecule has 0 bridgehead atoms. The molecular weight excluding hydrogens is 418 g/mol.